The van der Waals surface area contributed by atoms with Crippen LogP contribution >= 0.6 is 0 Å². The highest BCUT2D eigenvalue weighted by molar-refractivity contribution is 5.69. The summed E-state index contributed by atoms with van der Waals surface area (Å²) in [4.78, 5) is 13.0. The van der Waals surface area contributed by atoms with Crippen LogP contribution in [0.1, 0.15) is 31.4 Å². The number of carbonyl (C=O) groups is 1. The molecule has 1 heterocycles. The van der Waals surface area contributed by atoms with Gasteiger partial charge in [-0.1, -0.05) is 37.3 Å². The molecule has 2 unspecified atom stereocenters. The summed E-state index contributed by atoms with van der Waals surface area (Å²) in [6.45, 7) is 4.92. The summed E-state index contributed by atoms with van der Waals surface area (Å²) in [5.41, 5.74) is 7.97. The minimum atomic E-state index is -0.734. The SMILES string of the molecule is CCN(CC(=O)O)C1CC(NCC2CNNC2c2ccccc2)C1. The molecule has 1 aromatic carbocycles. The summed E-state index contributed by atoms with van der Waals surface area (Å²) >= 11 is 0. The van der Waals surface area contributed by atoms with E-state index in [-0.39, 0.29) is 6.54 Å². The zero-order valence-electron chi connectivity index (χ0n) is 14.2. The van der Waals surface area contributed by atoms with Crippen LogP contribution in [-0.2, 0) is 4.79 Å². The fraction of sp³-hybridized carbons (Fsp3) is 0.611. The van der Waals surface area contributed by atoms with Gasteiger partial charge in [-0.15, -0.1) is 0 Å². The fourth-order valence-electron chi connectivity index (χ4n) is 3.79. The molecule has 0 amide bonds. The minimum Gasteiger partial charge on any atom is -0.480 e. The largest absolute Gasteiger partial charge is 0.480 e. The Morgan fingerprint density at radius 3 is 2.75 bits per heavy atom. The molecule has 132 valence electrons. The van der Waals surface area contributed by atoms with Crippen molar-refractivity contribution in [2.24, 2.45) is 5.92 Å². The molecular weight excluding hydrogens is 304 g/mol. The summed E-state index contributed by atoms with van der Waals surface area (Å²) in [7, 11) is 0. The first-order chi connectivity index (χ1) is 11.7. The zero-order chi connectivity index (χ0) is 16.9. The fourth-order valence-corrected chi connectivity index (χ4v) is 3.79. The van der Waals surface area contributed by atoms with E-state index in [1.165, 1.54) is 5.56 Å². The number of carboxylic acids is 1. The van der Waals surface area contributed by atoms with Crippen LogP contribution in [0.2, 0.25) is 0 Å². The Labute approximate surface area is 143 Å². The maximum absolute atomic E-state index is 10.9. The Balaban J connectivity index is 1.43. The zero-order valence-corrected chi connectivity index (χ0v) is 14.2. The van der Waals surface area contributed by atoms with Gasteiger partial charge in [0.1, 0.15) is 0 Å². The maximum atomic E-state index is 10.9. The van der Waals surface area contributed by atoms with Crippen molar-refractivity contribution in [3.8, 4) is 0 Å². The Kier molecular flexibility index (Phi) is 5.84. The van der Waals surface area contributed by atoms with Crippen molar-refractivity contribution in [2.45, 2.75) is 37.9 Å². The van der Waals surface area contributed by atoms with Crippen molar-refractivity contribution >= 4 is 5.97 Å². The Morgan fingerprint density at radius 1 is 1.33 bits per heavy atom. The monoisotopic (exact) mass is 332 g/mol. The van der Waals surface area contributed by atoms with Gasteiger partial charge in [0.25, 0.3) is 0 Å². The third-order valence-corrected chi connectivity index (χ3v) is 5.29. The molecule has 24 heavy (non-hydrogen) atoms. The summed E-state index contributed by atoms with van der Waals surface area (Å²) in [6.07, 6.45) is 2.09. The topological polar surface area (TPSA) is 76.6 Å². The van der Waals surface area contributed by atoms with Gasteiger partial charge in [-0.3, -0.25) is 15.1 Å². The second-order valence-electron chi connectivity index (χ2n) is 6.86. The van der Waals surface area contributed by atoms with E-state index in [9.17, 15) is 4.79 Å². The molecule has 0 bridgehead atoms. The molecule has 6 heteroatoms. The molecule has 1 aliphatic carbocycles. The average Bonchev–Trinajstić information content (AvgIpc) is 3.01. The van der Waals surface area contributed by atoms with Crippen LogP contribution in [0.15, 0.2) is 30.3 Å². The van der Waals surface area contributed by atoms with Gasteiger partial charge in [-0.05, 0) is 24.9 Å². The average molecular weight is 332 g/mol. The van der Waals surface area contributed by atoms with Crippen LogP contribution in [0.5, 0.6) is 0 Å². The third kappa shape index (κ3) is 4.13. The smallest absolute Gasteiger partial charge is 0.317 e. The van der Waals surface area contributed by atoms with E-state index in [0.717, 1.165) is 32.5 Å². The quantitative estimate of drug-likeness (QED) is 0.569. The number of likely N-dealkylation sites (N-methyl/N-ethyl adjacent to an activating group) is 1. The molecule has 2 fully saturated rings. The van der Waals surface area contributed by atoms with E-state index in [1.807, 2.05) is 13.0 Å². The van der Waals surface area contributed by atoms with Gasteiger partial charge in [-0.2, -0.15) is 0 Å². The molecule has 2 aliphatic rings. The molecule has 1 saturated heterocycles. The first-order valence-corrected chi connectivity index (χ1v) is 8.90. The predicted molar refractivity (Wildman–Crippen MR) is 93.5 cm³/mol. The minimum absolute atomic E-state index is 0.153. The highest BCUT2D eigenvalue weighted by Gasteiger charge is 2.35. The molecule has 2 atom stereocenters. The van der Waals surface area contributed by atoms with Crippen molar-refractivity contribution in [1.82, 2.24) is 21.1 Å². The molecule has 4 N–H and O–H groups in total. The molecule has 1 aliphatic heterocycles. The first-order valence-electron chi connectivity index (χ1n) is 8.90. The van der Waals surface area contributed by atoms with E-state index in [0.29, 0.717) is 24.0 Å². The number of rotatable bonds is 8. The molecule has 0 spiro atoms. The van der Waals surface area contributed by atoms with Gasteiger partial charge >= 0.3 is 5.97 Å². The summed E-state index contributed by atoms with van der Waals surface area (Å²) < 4.78 is 0. The molecule has 1 saturated carbocycles. The van der Waals surface area contributed by atoms with Crippen LogP contribution in [0.25, 0.3) is 0 Å². The van der Waals surface area contributed by atoms with Crippen molar-refractivity contribution < 1.29 is 9.90 Å². The predicted octanol–water partition coefficient (Wildman–Crippen LogP) is 0.979. The number of aliphatic carboxylic acids is 1. The number of carboxylic acid groups (broad SMARTS) is 1. The van der Waals surface area contributed by atoms with Gasteiger partial charge in [-0.25, -0.2) is 5.43 Å². The van der Waals surface area contributed by atoms with Crippen LogP contribution in [0, 0.1) is 5.92 Å². The summed E-state index contributed by atoms with van der Waals surface area (Å²) in [6, 6.07) is 11.8. The van der Waals surface area contributed by atoms with E-state index in [1.54, 1.807) is 0 Å². The van der Waals surface area contributed by atoms with E-state index in [4.69, 9.17) is 5.11 Å². The van der Waals surface area contributed by atoms with Crippen molar-refractivity contribution in [3.63, 3.8) is 0 Å². The van der Waals surface area contributed by atoms with Crippen LogP contribution < -0.4 is 16.2 Å². The highest BCUT2D eigenvalue weighted by atomic mass is 16.4. The lowest BCUT2D eigenvalue weighted by Crippen LogP contribution is -2.54. The Morgan fingerprint density at radius 2 is 2.08 bits per heavy atom. The van der Waals surface area contributed by atoms with Crippen LogP contribution in [0.3, 0.4) is 0 Å². The lowest BCUT2D eigenvalue weighted by Gasteiger charge is -2.43. The number of benzene rings is 1. The van der Waals surface area contributed by atoms with Gasteiger partial charge in [0, 0.05) is 31.1 Å². The second kappa shape index (κ2) is 8.07. The van der Waals surface area contributed by atoms with Crippen molar-refractivity contribution in [3.05, 3.63) is 35.9 Å². The summed E-state index contributed by atoms with van der Waals surface area (Å²) in [5, 5.41) is 12.6. The standard InChI is InChI=1S/C18H28N4O2/c1-2-22(12-17(23)24)16-8-15(9-16)19-10-14-11-20-21-18(14)13-6-4-3-5-7-13/h3-7,14-16,18-21H,2,8-12H2,1H3,(H,23,24). The number of hydrogen-bond acceptors (Lipinski definition) is 5. The van der Waals surface area contributed by atoms with Gasteiger partial charge < -0.3 is 10.4 Å². The van der Waals surface area contributed by atoms with E-state index in [2.05, 4.69) is 45.3 Å². The van der Waals surface area contributed by atoms with E-state index < -0.39 is 5.97 Å². The van der Waals surface area contributed by atoms with Gasteiger partial charge in [0.15, 0.2) is 0 Å². The lowest BCUT2D eigenvalue weighted by molar-refractivity contribution is -0.139. The normalized spacial score (nSPS) is 29.6. The molecular formula is C18H28N4O2. The maximum Gasteiger partial charge on any atom is 0.317 e. The second-order valence-corrected chi connectivity index (χ2v) is 6.86. The highest BCUT2D eigenvalue weighted by Crippen LogP contribution is 2.28. The molecule has 0 radical (unpaired) electrons. The van der Waals surface area contributed by atoms with E-state index >= 15 is 0 Å². The number of hydrazine groups is 1. The Hall–Kier alpha value is -1.47. The van der Waals surface area contributed by atoms with Gasteiger partial charge in [0.05, 0.1) is 12.6 Å². The molecule has 1 aromatic rings. The van der Waals surface area contributed by atoms with Crippen LogP contribution in [0.4, 0.5) is 0 Å². The molecule has 6 nitrogen and oxygen atoms in total. The van der Waals surface area contributed by atoms with Crippen molar-refractivity contribution in [2.75, 3.05) is 26.2 Å². The number of nitrogens with one attached hydrogen (secondary N) is 3. The lowest BCUT2D eigenvalue weighted by atomic mass is 9.84. The first kappa shape index (κ1) is 17.4. The number of hydrogen-bond donors (Lipinski definition) is 4. The summed E-state index contributed by atoms with van der Waals surface area (Å²) in [5.74, 6) is -0.213. The third-order valence-electron chi connectivity index (χ3n) is 5.29. The number of nitrogens with zero attached hydrogens (tertiary/aromatic N) is 1. The van der Waals surface area contributed by atoms with Crippen LogP contribution in [-0.4, -0.2) is 54.2 Å². The molecule has 0 aromatic heterocycles. The Bertz CT molecular complexity index is 533. The molecule has 3 rings (SSSR count). The van der Waals surface area contributed by atoms with Gasteiger partial charge in [0.2, 0.25) is 0 Å². The van der Waals surface area contributed by atoms with Crippen molar-refractivity contribution in [1.29, 1.82) is 0 Å².